The average molecular weight is 429 g/mol. The summed E-state index contributed by atoms with van der Waals surface area (Å²) in [7, 11) is -3.83. The molecule has 2 heterocycles. The molecule has 12 heteroatoms. The molecule has 4 rings (SSSR count). The molecule has 1 fully saturated rings. The van der Waals surface area contributed by atoms with Crippen LogP contribution in [0.4, 0.5) is 11.4 Å². The lowest BCUT2D eigenvalue weighted by Crippen LogP contribution is -2.45. The normalized spacial score (nSPS) is 19.2. The number of non-ortho nitro benzene ring substituents is 1. The molecule has 0 saturated carbocycles. The molecule has 2 amide bonds. The van der Waals surface area contributed by atoms with E-state index in [1.165, 1.54) is 29.2 Å². The van der Waals surface area contributed by atoms with Gasteiger partial charge in [0.25, 0.3) is 15.7 Å². The molecule has 2 aliphatic heterocycles. The van der Waals surface area contributed by atoms with Crippen LogP contribution in [0.2, 0.25) is 0 Å². The zero-order valence-corrected chi connectivity index (χ0v) is 16.1. The third kappa shape index (κ3) is 3.48. The Labute approximate surface area is 170 Å². The number of hydrogen-bond donors (Lipinski definition) is 2. The van der Waals surface area contributed by atoms with Gasteiger partial charge in [0, 0.05) is 30.7 Å². The van der Waals surface area contributed by atoms with E-state index in [9.17, 15) is 28.1 Å². The van der Waals surface area contributed by atoms with Gasteiger partial charge in [0.15, 0.2) is 5.84 Å². The third-order valence-electron chi connectivity index (χ3n) is 4.78. The van der Waals surface area contributed by atoms with Crippen molar-refractivity contribution in [1.29, 1.82) is 0 Å². The van der Waals surface area contributed by atoms with Gasteiger partial charge in [0.1, 0.15) is 4.90 Å². The number of fused-ring (bicyclic) bond motifs is 1. The van der Waals surface area contributed by atoms with Crippen molar-refractivity contribution in [2.45, 2.75) is 11.3 Å². The Kier molecular flexibility index (Phi) is 4.70. The largest absolute Gasteiger partial charge is 0.311 e. The van der Waals surface area contributed by atoms with Crippen LogP contribution in [-0.4, -0.2) is 37.5 Å². The molecular weight excluding hydrogens is 414 g/mol. The number of anilines is 1. The minimum atomic E-state index is -3.83. The Morgan fingerprint density at radius 2 is 1.97 bits per heavy atom. The van der Waals surface area contributed by atoms with Crippen molar-refractivity contribution < 1.29 is 22.9 Å². The van der Waals surface area contributed by atoms with Crippen LogP contribution in [0.5, 0.6) is 0 Å². The summed E-state index contributed by atoms with van der Waals surface area (Å²) in [4.78, 5) is 36.6. The van der Waals surface area contributed by atoms with Gasteiger partial charge in [-0.2, -0.15) is 8.42 Å². The van der Waals surface area contributed by atoms with E-state index >= 15 is 0 Å². The van der Waals surface area contributed by atoms with Crippen molar-refractivity contribution >= 4 is 39.0 Å². The van der Waals surface area contributed by atoms with Crippen LogP contribution in [-0.2, 0) is 19.6 Å². The second-order valence-corrected chi connectivity index (χ2v) is 8.28. The summed E-state index contributed by atoms with van der Waals surface area (Å²) >= 11 is 0. The Balaban J connectivity index is 1.44. The molecule has 0 bridgehead atoms. The highest BCUT2D eigenvalue weighted by Gasteiger charge is 2.36. The number of amides is 2. The van der Waals surface area contributed by atoms with E-state index in [0.29, 0.717) is 11.3 Å². The van der Waals surface area contributed by atoms with Crippen molar-refractivity contribution in [3.8, 4) is 0 Å². The Bertz CT molecular complexity index is 1210. The fourth-order valence-electron chi connectivity index (χ4n) is 3.33. The van der Waals surface area contributed by atoms with Gasteiger partial charge in [-0.1, -0.05) is 18.2 Å². The quantitative estimate of drug-likeness (QED) is 0.539. The first kappa shape index (κ1) is 19.5. The molecular formula is C18H15N5O6S. The van der Waals surface area contributed by atoms with Gasteiger partial charge in [0.2, 0.25) is 11.8 Å². The standard InChI is InChI=1S/C18H15N5O6S/c24-16-8-11(10-22(16)12-4-3-5-13(9-12)23(26)27)18(25)20-19-17-14-6-1-2-7-15(14)30(28,29)21-17/h1-7,9,11H,8,10H2,(H,19,21)(H,20,25)/t11-/m0/s1. The number of nitro benzene ring substituents is 1. The van der Waals surface area contributed by atoms with Crippen LogP contribution in [0.25, 0.3) is 0 Å². The van der Waals surface area contributed by atoms with E-state index in [1.807, 2.05) is 0 Å². The number of nitrogens with one attached hydrogen (secondary N) is 2. The molecule has 0 aliphatic carbocycles. The summed E-state index contributed by atoms with van der Waals surface area (Å²) in [5.41, 5.74) is 5.42. The first-order valence-corrected chi connectivity index (χ1v) is 10.3. The Morgan fingerprint density at radius 1 is 1.20 bits per heavy atom. The predicted molar refractivity (Wildman–Crippen MR) is 105 cm³/mol. The molecule has 2 aromatic carbocycles. The molecule has 0 unspecified atom stereocenters. The van der Waals surface area contributed by atoms with E-state index < -0.39 is 26.8 Å². The van der Waals surface area contributed by atoms with E-state index in [0.717, 1.165) is 0 Å². The topological polar surface area (TPSA) is 151 Å². The highest BCUT2D eigenvalue weighted by molar-refractivity contribution is 7.90. The van der Waals surface area contributed by atoms with Crippen LogP contribution in [0, 0.1) is 16.0 Å². The number of sulfonamides is 1. The van der Waals surface area contributed by atoms with E-state index in [2.05, 4.69) is 15.2 Å². The highest BCUT2D eigenvalue weighted by atomic mass is 32.2. The SMILES string of the molecule is O=C(NNC1=NS(=O)(=O)c2ccccc21)[C@H]1CC(=O)N(c2cccc([N+](=O)[O-])c2)C1. The van der Waals surface area contributed by atoms with E-state index in [-0.39, 0.29) is 35.3 Å². The number of nitrogens with zero attached hydrogens (tertiary/aromatic N) is 3. The van der Waals surface area contributed by atoms with Crippen LogP contribution < -0.4 is 15.8 Å². The summed E-state index contributed by atoms with van der Waals surface area (Å²) in [6.07, 6.45) is -0.0857. The monoisotopic (exact) mass is 429 g/mol. The van der Waals surface area contributed by atoms with Gasteiger partial charge in [-0.05, 0) is 18.2 Å². The van der Waals surface area contributed by atoms with Gasteiger partial charge in [-0.3, -0.25) is 30.6 Å². The second-order valence-electron chi connectivity index (χ2n) is 6.71. The molecule has 0 spiro atoms. The van der Waals surface area contributed by atoms with Crippen molar-refractivity contribution in [1.82, 2.24) is 10.9 Å². The van der Waals surface area contributed by atoms with E-state index in [1.54, 1.807) is 24.3 Å². The summed E-state index contributed by atoms with van der Waals surface area (Å²) in [6.45, 7) is 0.0366. The number of nitro groups is 1. The minimum Gasteiger partial charge on any atom is -0.311 e. The molecule has 2 N–H and O–H groups in total. The number of rotatable bonds is 3. The molecule has 0 radical (unpaired) electrons. The van der Waals surface area contributed by atoms with Crippen LogP contribution in [0.3, 0.4) is 0 Å². The zero-order valence-electron chi connectivity index (χ0n) is 15.3. The molecule has 1 saturated heterocycles. The molecule has 2 aromatic rings. The van der Waals surface area contributed by atoms with Gasteiger partial charge < -0.3 is 4.90 Å². The van der Waals surface area contributed by atoms with Crippen molar-refractivity contribution in [2.24, 2.45) is 10.3 Å². The number of carbonyl (C=O) groups is 2. The van der Waals surface area contributed by atoms with Crippen molar-refractivity contribution in [3.05, 3.63) is 64.2 Å². The molecule has 1 atom stereocenters. The molecule has 2 aliphatic rings. The molecule has 0 aromatic heterocycles. The fourth-order valence-corrected chi connectivity index (χ4v) is 4.50. The van der Waals surface area contributed by atoms with Gasteiger partial charge in [-0.25, -0.2) is 0 Å². The first-order chi connectivity index (χ1) is 14.3. The van der Waals surface area contributed by atoms with E-state index in [4.69, 9.17) is 0 Å². The predicted octanol–water partition coefficient (Wildman–Crippen LogP) is 0.718. The lowest BCUT2D eigenvalue weighted by atomic mass is 10.1. The van der Waals surface area contributed by atoms with Crippen molar-refractivity contribution in [3.63, 3.8) is 0 Å². The smallest absolute Gasteiger partial charge is 0.285 e. The summed E-state index contributed by atoms with van der Waals surface area (Å²) in [5, 5.41) is 10.9. The lowest BCUT2D eigenvalue weighted by molar-refractivity contribution is -0.384. The van der Waals surface area contributed by atoms with Gasteiger partial charge in [-0.15, -0.1) is 4.40 Å². The number of amidine groups is 1. The molecule has 30 heavy (non-hydrogen) atoms. The molecule has 154 valence electrons. The number of hydrazine groups is 1. The number of carbonyl (C=O) groups excluding carboxylic acids is 2. The highest BCUT2D eigenvalue weighted by Crippen LogP contribution is 2.28. The third-order valence-corrected chi connectivity index (χ3v) is 6.12. The summed E-state index contributed by atoms with van der Waals surface area (Å²) in [5.74, 6) is -1.61. The number of benzene rings is 2. The van der Waals surface area contributed by atoms with Crippen LogP contribution in [0.15, 0.2) is 57.8 Å². The maximum Gasteiger partial charge on any atom is 0.285 e. The first-order valence-electron chi connectivity index (χ1n) is 8.81. The van der Waals surface area contributed by atoms with Crippen LogP contribution in [0.1, 0.15) is 12.0 Å². The maximum absolute atomic E-state index is 12.5. The fraction of sp³-hybridized carbons (Fsp3) is 0.167. The summed E-state index contributed by atoms with van der Waals surface area (Å²) < 4.78 is 27.7. The lowest BCUT2D eigenvalue weighted by Gasteiger charge is -2.16. The minimum absolute atomic E-state index is 0.0150. The van der Waals surface area contributed by atoms with Crippen LogP contribution >= 0.6 is 0 Å². The van der Waals surface area contributed by atoms with Crippen molar-refractivity contribution in [2.75, 3.05) is 11.4 Å². The number of hydrogen-bond acceptors (Lipinski definition) is 7. The summed E-state index contributed by atoms with van der Waals surface area (Å²) in [6, 6.07) is 11.8. The van der Waals surface area contributed by atoms with Gasteiger partial charge in [0.05, 0.1) is 16.5 Å². The zero-order chi connectivity index (χ0) is 21.5. The Hall–Kier alpha value is -3.80. The molecule has 11 nitrogen and oxygen atoms in total. The maximum atomic E-state index is 12.5. The Morgan fingerprint density at radius 3 is 2.73 bits per heavy atom. The van der Waals surface area contributed by atoms with Gasteiger partial charge >= 0.3 is 0 Å². The average Bonchev–Trinajstić information content (AvgIpc) is 3.24. The second kappa shape index (κ2) is 7.22.